The summed E-state index contributed by atoms with van der Waals surface area (Å²) in [6.07, 6.45) is -0.0465. The van der Waals surface area contributed by atoms with Gasteiger partial charge in [0.15, 0.2) is 0 Å². The molecule has 0 aliphatic heterocycles. The molecule has 0 radical (unpaired) electrons. The molecule has 0 aliphatic rings. The Labute approximate surface area is 121 Å². The first-order chi connectivity index (χ1) is 8.86. The van der Waals surface area contributed by atoms with Crippen LogP contribution in [0.2, 0.25) is 0 Å². The second-order valence-corrected chi connectivity index (χ2v) is 5.41. The second kappa shape index (κ2) is 6.70. The van der Waals surface area contributed by atoms with Crippen LogP contribution in [0.5, 0.6) is 0 Å². The van der Waals surface area contributed by atoms with E-state index >= 15 is 0 Å². The monoisotopic (exact) mass is 327 g/mol. The lowest BCUT2D eigenvalue weighted by Gasteiger charge is -2.27. The van der Waals surface area contributed by atoms with E-state index in [9.17, 15) is 9.59 Å². The van der Waals surface area contributed by atoms with Crippen LogP contribution in [-0.4, -0.2) is 34.5 Å². The van der Waals surface area contributed by atoms with E-state index in [1.54, 1.807) is 17.9 Å². The van der Waals surface area contributed by atoms with Gasteiger partial charge in [-0.1, -0.05) is 15.9 Å². The second-order valence-electron chi connectivity index (χ2n) is 4.50. The molecular weight excluding hydrogens is 310 g/mol. The summed E-state index contributed by atoms with van der Waals surface area (Å²) < 4.78 is 0.920. The molecular formula is C14H18BrNO3. The standard InChI is InChI=1S/C14H18BrNO3/c1-4-16(10(3)8-13(17)18)14(19)12-6-5-11(15)7-9(12)2/h5-7,10H,4,8H2,1-3H3,(H,17,18). The number of rotatable bonds is 5. The predicted molar refractivity (Wildman–Crippen MR) is 77.3 cm³/mol. The fraction of sp³-hybridized carbons (Fsp3) is 0.429. The van der Waals surface area contributed by atoms with Crippen molar-refractivity contribution < 1.29 is 14.7 Å². The quantitative estimate of drug-likeness (QED) is 0.904. The highest BCUT2D eigenvalue weighted by Gasteiger charge is 2.22. The van der Waals surface area contributed by atoms with Crippen molar-refractivity contribution in [2.24, 2.45) is 0 Å². The summed E-state index contributed by atoms with van der Waals surface area (Å²) in [6.45, 7) is 5.96. The molecule has 104 valence electrons. The van der Waals surface area contributed by atoms with Crippen LogP contribution in [0.15, 0.2) is 22.7 Å². The number of carboxylic acids is 1. The van der Waals surface area contributed by atoms with Crippen LogP contribution in [0.3, 0.4) is 0 Å². The van der Waals surface area contributed by atoms with Crippen LogP contribution in [0.25, 0.3) is 0 Å². The first-order valence-corrected chi connectivity index (χ1v) is 6.95. The van der Waals surface area contributed by atoms with Gasteiger partial charge >= 0.3 is 5.97 Å². The Morgan fingerprint density at radius 3 is 2.53 bits per heavy atom. The van der Waals surface area contributed by atoms with E-state index in [0.717, 1.165) is 10.0 Å². The van der Waals surface area contributed by atoms with Gasteiger partial charge in [-0.25, -0.2) is 0 Å². The zero-order valence-electron chi connectivity index (χ0n) is 11.3. The highest BCUT2D eigenvalue weighted by Crippen LogP contribution is 2.19. The highest BCUT2D eigenvalue weighted by molar-refractivity contribution is 9.10. The lowest BCUT2D eigenvalue weighted by Crippen LogP contribution is -2.40. The summed E-state index contributed by atoms with van der Waals surface area (Å²) >= 11 is 3.36. The summed E-state index contributed by atoms with van der Waals surface area (Å²) in [5.41, 5.74) is 1.49. The third-order valence-electron chi connectivity index (χ3n) is 3.02. The summed E-state index contributed by atoms with van der Waals surface area (Å²) in [5, 5.41) is 8.83. The number of aryl methyl sites for hydroxylation is 1. The molecule has 5 heteroatoms. The normalized spacial score (nSPS) is 12.0. The number of nitrogens with zero attached hydrogens (tertiary/aromatic N) is 1. The zero-order valence-corrected chi connectivity index (χ0v) is 12.9. The number of aliphatic carboxylic acids is 1. The predicted octanol–water partition coefficient (Wildman–Crippen LogP) is 3.08. The smallest absolute Gasteiger partial charge is 0.305 e. The van der Waals surface area contributed by atoms with Gasteiger partial charge in [-0.2, -0.15) is 0 Å². The maximum atomic E-state index is 12.4. The number of halogens is 1. The van der Waals surface area contributed by atoms with Gasteiger partial charge in [0.25, 0.3) is 5.91 Å². The largest absolute Gasteiger partial charge is 0.481 e. The third kappa shape index (κ3) is 4.06. The maximum Gasteiger partial charge on any atom is 0.305 e. The molecule has 0 fully saturated rings. The van der Waals surface area contributed by atoms with Gasteiger partial charge in [-0.3, -0.25) is 9.59 Å². The molecule has 0 spiro atoms. The molecule has 1 rings (SSSR count). The first kappa shape index (κ1) is 15.7. The van der Waals surface area contributed by atoms with Crippen molar-refractivity contribution in [2.75, 3.05) is 6.54 Å². The van der Waals surface area contributed by atoms with E-state index in [-0.39, 0.29) is 18.4 Å². The van der Waals surface area contributed by atoms with Crippen molar-refractivity contribution in [3.8, 4) is 0 Å². The minimum absolute atomic E-state index is 0.0465. The third-order valence-corrected chi connectivity index (χ3v) is 3.52. The first-order valence-electron chi connectivity index (χ1n) is 6.15. The number of carbonyl (C=O) groups is 2. The summed E-state index contributed by atoms with van der Waals surface area (Å²) in [6, 6.07) is 5.13. The van der Waals surface area contributed by atoms with Gasteiger partial charge in [0.2, 0.25) is 0 Å². The molecule has 0 bridgehead atoms. The molecule has 1 amide bonds. The number of benzene rings is 1. The van der Waals surface area contributed by atoms with Crippen molar-refractivity contribution in [3.63, 3.8) is 0 Å². The molecule has 1 unspecified atom stereocenters. The van der Waals surface area contributed by atoms with E-state index in [0.29, 0.717) is 12.1 Å². The molecule has 1 atom stereocenters. The topological polar surface area (TPSA) is 57.6 Å². The van der Waals surface area contributed by atoms with Crippen LogP contribution in [-0.2, 0) is 4.79 Å². The van der Waals surface area contributed by atoms with E-state index in [4.69, 9.17) is 5.11 Å². The van der Waals surface area contributed by atoms with E-state index in [1.807, 2.05) is 26.0 Å². The van der Waals surface area contributed by atoms with E-state index in [2.05, 4.69) is 15.9 Å². The van der Waals surface area contributed by atoms with Crippen LogP contribution in [0.1, 0.15) is 36.2 Å². The van der Waals surface area contributed by atoms with Gasteiger partial charge in [0.05, 0.1) is 6.42 Å². The van der Waals surface area contributed by atoms with Crippen molar-refractivity contribution in [1.29, 1.82) is 0 Å². The molecule has 19 heavy (non-hydrogen) atoms. The highest BCUT2D eigenvalue weighted by atomic mass is 79.9. The molecule has 1 N–H and O–H groups in total. The van der Waals surface area contributed by atoms with Crippen LogP contribution >= 0.6 is 15.9 Å². The number of hydrogen-bond acceptors (Lipinski definition) is 2. The zero-order chi connectivity index (χ0) is 14.6. The average molecular weight is 328 g/mol. The Morgan fingerprint density at radius 1 is 1.42 bits per heavy atom. The minimum Gasteiger partial charge on any atom is -0.481 e. The SMILES string of the molecule is CCN(C(=O)c1ccc(Br)cc1C)C(C)CC(=O)O. The van der Waals surface area contributed by atoms with Gasteiger partial charge < -0.3 is 10.0 Å². The molecule has 0 saturated carbocycles. The molecule has 4 nitrogen and oxygen atoms in total. The molecule has 1 aromatic rings. The summed E-state index contributed by atoms with van der Waals surface area (Å²) in [5.74, 6) is -1.02. The summed E-state index contributed by atoms with van der Waals surface area (Å²) in [7, 11) is 0. The number of amides is 1. The fourth-order valence-electron chi connectivity index (χ4n) is 2.04. The van der Waals surface area contributed by atoms with E-state index in [1.165, 1.54) is 0 Å². The lowest BCUT2D eigenvalue weighted by atomic mass is 10.1. The van der Waals surface area contributed by atoms with Crippen molar-refractivity contribution in [2.45, 2.75) is 33.2 Å². The van der Waals surface area contributed by atoms with Crippen molar-refractivity contribution >= 4 is 27.8 Å². The van der Waals surface area contributed by atoms with Gasteiger partial charge in [-0.05, 0) is 44.5 Å². The van der Waals surface area contributed by atoms with Crippen molar-refractivity contribution in [1.82, 2.24) is 4.90 Å². The van der Waals surface area contributed by atoms with Crippen LogP contribution in [0, 0.1) is 6.92 Å². The lowest BCUT2D eigenvalue weighted by molar-refractivity contribution is -0.138. The van der Waals surface area contributed by atoms with Gasteiger partial charge in [-0.15, -0.1) is 0 Å². The van der Waals surface area contributed by atoms with E-state index < -0.39 is 5.97 Å². The van der Waals surface area contributed by atoms with Gasteiger partial charge in [0.1, 0.15) is 0 Å². The molecule has 0 heterocycles. The number of hydrogen-bond donors (Lipinski definition) is 1. The Hall–Kier alpha value is -1.36. The summed E-state index contributed by atoms with van der Waals surface area (Å²) in [4.78, 5) is 24.8. The van der Waals surface area contributed by atoms with Crippen molar-refractivity contribution in [3.05, 3.63) is 33.8 Å². The number of carboxylic acid groups (broad SMARTS) is 1. The Morgan fingerprint density at radius 2 is 2.05 bits per heavy atom. The molecule has 1 aromatic carbocycles. The molecule has 0 saturated heterocycles. The average Bonchev–Trinajstić information content (AvgIpc) is 2.28. The molecule has 0 aromatic heterocycles. The van der Waals surface area contributed by atoms with Crippen LogP contribution < -0.4 is 0 Å². The number of carbonyl (C=O) groups excluding carboxylic acids is 1. The Bertz CT molecular complexity index is 488. The maximum absolute atomic E-state index is 12.4. The minimum atomic E-state index is -0.897. The fourth-order valence-corrected chi connectivity index (χ4v) is 2.52. The Balaban J connectivity index is 2.98. The Kier molecular flexibility index (Phi) is 5.54. The molecule has 0 aliphatic carbocycles. The van der Waals surface area contributed by atoms with Crippen LogP contribution in [0.4, 0.5) is 0 Å². The van der Waals surface area contributed by atoms with Gasteiger partial charge in [0, 0.05) is 22.6 Å².